The van der Waals surface area contributed by atoms with E-state index in [9.17, 15) is 14.4 Å². The molecule has 9 nitrogen and oxygen atoms in total. The highest BCUT2D eigenvalue weighted by atomic mass is 16.4. The van der Waals surface area contributed by atoms with Crippen LogP contribution in [0.3, 0.4) is 0 Å². The third kappa shape index (κ3) is 12.0. The topological polar surface area (TPSA) is 217 Å². The molecule has 0 rings (SSSR count). The summed E-state index contributed by atoms with van der Waals surface area (Å²) in [6.45, 7) is 0. The second kappa shape index (κ2) is 10.1. The van der Waals surface area contributed by atoms with Crippen LogP contribution in [0, 0.1) is 0 Å². The van der Waals surface area contributed by atoms with Crippen LogP contribution in [0.25, 0.3) is 0 Å². The Bertz CT molecular complexity index is 262. The molecule has 0 aromatic heterocycles. The fourth-order valence-corrected chi connectivity index (χ4v) is 0.500. The van der Waals surface area contributed by atoms with Crippen LogP contribution in [0.15, 0.2) is 11.6 Å². The number of hydrogen-bond donors (Lipinski definition) is 6. The quantitative estimate of drug-likeness (QED) is 0.355. The van der Waals surface area contributed by atoms with Gasteiger partial charge in [-0.3, -0.25) is 4.79 Å². The zero-order valence-electron chi connectivity index (χ0n) is 7.97. The first-order chi connectivity index (χ1) is 5.43. The maximum absolute atomic E-state index is 10.2. The third-order valence-electron chi connectivity index (χ3n) is 0.914. The van der Waals surface area contributed by atoms with E-state index in [1.807, 2.05) is 0 Å². The maximum Gasteiger partial charge on any atom is 0.332 e. The van der Waals surface area contributed by atoms with Gasteiger partial charge in [0.1, 0.15) is 0 Å². The number of carboxylic acid groups (broad SMARTS) is 3. The summed E-state index contributed by atoms with van der Waals surface area (Å²) in [5, 5.41) is 24.5. The molecule has 0 unspecified atom stereocenters. The van der Waals surface area contributed by atoms with Gasteiger partial charge in [-0.2, -0.15) is 0 Å². The summed E-state index contributed by atoms with van der Waals surface area (Å²) in [5.41, 5.74) is -0.657. The van der Waals surface area contributed by atoms with E-state index in [-0.39, 0.29) is 18.5 Å². The van der Waals surface area contributed by atoms with Crippen LogP contribution < -0.4 is 18.5 Å². The van der Waals surface area contributed by atoms with Crippen molar-refractivity contribution in [2.75, 3.05) is 0 Å². The molecular weight excluding hydrogens is 210 g/mol. The van der Waals surface area contributed by atoms with Crippen LogP contribution in [0.2, 0.25) is 0 Å². The fourth-order valence-electron chi connectivity index (χ4n) is 0.500. The van der Waals surface area contributed by atoms with Gasteiger partial charge in [0.05, 0.1) is 12.0 Å². The molecule has 0 heterocycles. The van der Waals surface area contributed by atoms with Crippen LogP contribution in [-0.2, 0) is 14.4 Å². The molecule has 0 aliphatic carbocycles. The summed E-state index contributed by atoms with van der Waals surface area (Å²) < 4.78 is 0. The first-order valence-corrected chi connectivity index (χ1v) is 2.82. The van der Waals surface area contributed by atoms with Gasteiger partial charge in [-0.25, -0.2) is 9.59 Å². The van der Waals surface area contributed by atoms with Gasteiger partial charge in [0.15, 0.2) is 0 Å². The van der Waals surface area contributed by atoms with Gasteiger partial charge in [0.2, 0.25) is 0 Å². The van der Waals surface area contributed by atoms with E-state index in [1.54, 1.807) is 0 Å². The van der Waals surface area contributed by atoms with Crippen molar-refractivity contribution >= 4 is 17.9 Å². The summed E-state index contributed by atoms with van der Waals surface area (Å²) in [6, 6.07) is 0. The summed E-state index contributed by atoms with van der Waals surface area (Å²) in [4.78, 5) is 30.1. The lowest BCUT2D eigenvalue weighted by atomic mass is 10.2. The van der Waals surface area contributed by atoms with Crippen LogP contribution in [0.5, 0.6) is 0 Å². The van der Waals surface area contributed by atoms with Gasteiger partial charge in [-0.15, -0.1) is 0 Å². The van der Waals surface area contributed by atoms with Crippen LogP contribution in [0.1, 0.15) is 6.42 Å². The van der Waals surface area contributed by atoms with E-state index in [0.29, 0.717) is 6.08 Å². The standard InChI is InChI=1S/C6H6O6.3H3N/c7-4(8)1-3(6(11)12)2-5(9)10;;;/h1H,2H2,(H,7,8)(H,9,10)(H,11,12);3*1H3. The van der Waals surface area contributed by atoms with Crippen molar-refractivity contribution < 1.29 is 29.7 Å². The van der Waals surface area contributed by atoms with Crippen molar-refractivity contribution in [2.45, 2.75) is 6.42 Å². The zero-order valence-corrected chi connectivity index (χ0v) is 7.97. The fraction of sp³-hybridized carbons (Fsp3) is 0.167. The summed E-state index contributed by atoms with van der Waals surface area (Å²) in [5.74, 6) is -4.40. The Hall–Kier alpha value is -1.97. The predicted molar refractivity (Wildman–Crippen MR) is 50.7 cm³/mol. The van der Waals surface area contributed by atoms with E-state index in [0.717, 1.165) is 0 Å². The Morgan fingerprint density at radius 2 is 1.33 bits per heavy atom. The van der Waals surface area contributed by atoms with Gasteiger partial charge < -0.3 is 33.8 Å². The SMILES string of the molecule is N.N.N.O=C(O)C=C(CC(=O)O)C(=O)O. The first kappa shape index (κ1) is 23.1. The minimum absolute atomic E-state index is 0. The average Bonchev–Trinajstić information content (AvgIpc) is 1.83. The molecule has 0 aliphatic rings. The van der Waals surface area contributed by atoms with Crippen molar-refractivity contribution in [2.24, 2.45) is 0 Å². The minimum Gasteiger partial charge on any atom is -0.481 e. The molecule has 0 aliphatic heterocycles. The maximum atomic E-state index is 10.2. The number of carbonyl (C=O) groups is 3. The minimum atomic E-state index is -1.54. The van der Waals surface area contributed by atoms with Gasteiger partial charge in [-0.05, 0) is 0 Å². The highest BCUT2D eigenvalue weighted by Gasteiger charge is 2.12. The lowest BCUT2D eigenvalue weighted by molar-refractivity contribution is -0.140. The Balaban J connectivity index is -0.000000202. The lowest BCUT2D eigenvalue weighted by Gasteiger charge is -1.94. The van der Waals surface area contributed by atoms with Gasteiger partial charge in [0, 0.05) is 6.08 Å². The van der Waals surface area contributed by atoms with Crippen molar-refractivity contribution in [1.82, 2.24) is 18.5 Å². The van der Waals surface area contributed by atoms with E-state index >= 15 is 0 Å². The summed E-state index contributed by atoms with van der Waals surface area (Å²) in [7, 11) is 0. The molecule has 0 radical (unpaired) electrons. The van der Waals surface area contributed by atoms with Crippen LogP contribution >= 0.6 is 0 Å². The smallest absolute Gasteiger partial charge is 0.332 e. The molecule has 9 heteroatoms. The molecule has 0 aromatic carbocycles. The van der Waals surface area contributed by atoms with Gasteiger partial charge in [-0.1, -0.05) is 0 Å². The molecule has 15 heavy (non-hydrogen) atoms. The molecule has 0 bridgehead atoms. The van der Waals surface area contributed by atoms with Gasteiger partial charge >= 0.3 is 17.9 Å². The molecule has 0 spiro atoms. The van der Waals surface area contributed by atoms with Crippen molar-refractivity contribution in [3.05, 3.63) is 11.6 Å². The average molecular weight is 225 g/mol. The molecule has 0 amide bonds. The van der Waals surface area contributed by atoms with Crippen molar-refractivity contribution in [3.63, 3.8) is 0 Å². The number of hydrogen-bond acceptors (Lipinski definition) is 6. The molecule has 0 fully saturated rings. The normalized spacial score (nSPS) is 8.67. The van der Waals surface area contributed by atoms with E-state index in [4.69, 9.17) is 15.3 Å². The molecular formula is C6H15N3O6. The molecule has 0 aromatic rings. The zero-order chi connectivity index (χ0) is 9.72. The van der Waals surface area contributed by atoms with Gasteiger partial charge in [0.25, 0.3) is 0 Å². The predicted octanol–water partition coefficient (Wildman–Crippen LogP) is 0.0427. The monoisotopic (exact) mass is 225 g/mol. The Kier molecular flexibility index (Phi) is 15.6. The summed E-state index contributed by atoms with van der Waals surface area (Å²) >= 11 is 0. The first-order valence-electron chi connectivity index (χ1n) is 2.82. The second-order valence-corrected chi connectivity index (χ2v) is 1.88. The van der Waals surface area contributed by atoms with Crippen molar-refractivity contribution in [3.8, 4) is 0 Å². The molecule has 0 atom stereocenters. The number of carboxylic acids is 3. The third-order valence-corrected chi connectivity index (χ3v) is 0.914. The van der Waals surface area contributed by atoms with Crippen LogP contribution in [0.4, 0.5) is 0 Å². The largest absolute Gasteiger partial charge is 0.481 e. The van der Waals surface area contributed by atoms with E-state index in [1.165, 1.54) is 0 Å². The Morgan fingerprint density at radius 3 is 1.53 bits per heavy atom. The summed E-state index contributed by atoms with van der Waals surface area (Å²) in [6.07, 6.45) is -0.446. The van der Waals surface area contributed by atoms with E-state index < -0.39 is 29.9 Å². The number of aliphatic carboxylic acids is 3. The van der Waals surface area contributed by atoms with Crippen molar-refractivity contribution in [1.29, 1.82) is 0 Å². The Labute approximate surface area is 85.1 Å². The van der Waals surface area contributed by atoms with E-state index in [2.05, 4.69) is 0 Å². The highest BCUT2D eigenvalue weighted by molar-refractivity contribution is 5.98. The molecule has 12 N–H and O–H groups in total. The highest BCUT2D eigenvalue weighted by Crippen LogP contribution is 2.00. The molecule has 0 saturated carbocycles. The van der Waals surface area contributed by atoms with Crippen LogP contribution in [-0.4, -0.2) is 33.2 Å². The number of rotatable bonds is 4. The Morgan fingerprint density at radius 1 is 0.933 bits per heavy atom. The second-order valence-electron chi connectivity index (χ2n) is 1.88. The molecule has 0 saturated heterocycles. The molecule has 90 valence electrons. The lowest BCUT2D eigenvalue weighted by Crippen LogP contribution is -2.08.